The van der Waals surface area contributed by atoms with Gasteiger partial charge in [-0.1, -0.05) is 0 Å². The van der Waals surface area contributed by atoms with E-state index in [1.165, 1.54) is 0 Å². The van der Waals surface area contributed by atoms with Crippen LogP contribution in [0.4, 0.5) is 0 Å². The van der Waals surface area contributed by atoms with E-state index >= 15 is 0 Å². The summed E-state index contributed by atoms with van der Waals surface area (Å²) in [5.74, 6) is 0. The highest BCUT2D eigenvalue weighted by Crippen LogP contribution is 1.92. The Morgan fingerprint density at radius 1 is 1.43 bits per heavy atom. The summed E-state index contributed by atoms with van der Waals surface area (Å²) in [6, 6.07) is 0. The lowest BCUT2D eigenvalue weighted by Gasteiger charge is -2.10. The van der Waals surface area contributed by atoms with Gasteiger partial charge in [-0.15, -0.1) is 0 Å². The molecule has 0 bridgehead atoms. The van der Waals surface area contributed by atoms with Crippen molar-refractivity contribution in [3.8, 4) is 0 Å². The lowest BCUT2D eigenvalue weighted by atomic mass is 10.3. The second kappa shape index (κ2) is 2.99. The van der Waals surface area contributed by atoms with Crippen LogP contribution in [0.5, 0.6) is 0 Å². The Morgan fingerprint density at radius 2 is 1.86 bits per heavy atom. The molecule has 0 radical (unpaired) electrons. The van der Waals surface area contributed by atoms with Gasteiger partial charge in [-0.25, -0.2) is 0 Å². The van der Waals surface area contributed by atoms with Gasteiger partial charge in [-0.2, -0.15) is 0 Å². The molecule has 2 atom stereocenters. The molecule has 2 nitrogen and oxygen atoms in total. The highest BCUT2D eigenvalue weighted by atomic mass is 16.5. The van der Waals surface area contributed by atoms with E-state index in [0.717, 1.165) is 0 Å². The minimum absolute atomic E-state index is 0.0417. The van der Waals surface area contributed by atoms with Crippen molar-refractivity contribution in [1.29, 1.82) is 0 Å². The number of ether oxygens (including phenoxy) is 1. The number of aliphatic hydroxyl groups excluding tert-OH is 1. The summed E-state index contributed by atoms with van der Waals surface area (Å²) in [6.07, 6.45) is -0.398. The second-order valence-electron chi connectivity index (χ2n) is 1.68. The molecule has 0 spiro atoms. The molecule has 2 heteroatoms. The molecular formula is C5H12O2. The smallest absolute Gasteiger partial charge is 0.0799 e. The van der Waals surface area contributed by atoms with Crippen molar-refractivity contribution in [2.24, 2.45) is 0 Å². The van der Waals surface area contributed by atoms with Crippen LogP contribution in [0, 0.1) is 0 Å². The number of rotatable bonds is 2. The Balaban J connectivity index is 3.14. The zero-order chi connectivity index (χ0) is 5.86. The Kier molecular flexibility index (Phi) is 2.96. The van der Waals surface area contributed by atoms with Gasteiger partial charge < -0.3 is 9.84 Å². The average molecular weight is 104 g/mol. The Bertz CT molecular complexity index is 43.3. The van der Waals surface area contributed by atoms with Gasteiger partial charge in [0.25, 0.3) is 0 Å². The van der Waals surface area contributed by atoms with E-state index < -0.39 is 0 Å². The third-order valence-corrected chi connectivity index (χ3v) is 1.05. The van der Waals surface area contributed by atoms with Gasteiger partial charge in [0.05, 0.1) is 12.2 Å². The second-order valence-corrected chi connectivity index (χ2v) is 1.68. The molecule has 0 aliphatic heterocycles. The number of methoxy groups -OCH3 is 1. The molecule has 44 valence electrons. The summed E-state index contributed by atoms with van der Waals surface area (Å²) in [6.45, 7) is 3.53. The van der Waals surface area contributed by atoms with Crippen LogP contribution >= 0.6 is 0 Å². The fourth-order valence-corrected chi connectivity index (χ4v) is 0.197. The van der Waals surface area contributed by atoms with Crippen molar-refractivity contribution in [2.45, 2.75) is 26.1 Å². The van der Waals surface area contributed by atoms with Gasteiger partial charge in [0.2, 0.25) is 0 Å². The van der Waals surface area contributed by atoms with Crippen LogP contribution in [0.15, 0.2) is 0 Å². The monoisotopic (exact) mass is 104 g/mol. The van der Waals surface area contributed by atoms with Gasteiger partial charge in [0, 0.05) is 7.11 Å². The lowest BCUT2D eigenvalue weighted by molar-refractivity contribution is 0.00997. The largest absolute Gasteiger partial charge is 0.391 e. The molecule has 0 aromatic carbocycles. The number of hydrogen-bond donors (Lipinski definition) is 1. The first-order valence-electron chi connectivity index (χ1n) is 2.39. The maximum Gasteiger partial charge on any atom is 0.0799 e. The molecule has 0 aromatic rings. The van der Waals surface area contributed by atoms with Crippen molar-refractivity contribution < 1.29 is 9.84 Å². The summed E-state index contributed by atoms with van der Waals surface area (Å²) < 4.78 is 4.76. The molecule has 0 aliphatic rings. The van der Waals surface area contributed by atoms with Crippen LogP contribution in [0.2, 0.25) is 0 Å². The minimum Gasteiger partial charge on any atom is -0.391 e. The Hall–Kier alpha value is -0.0800. The Labute approximate surface area is 44.1 Å². The van der Waals surface area contributed by atoms with Gasteiger partial charge in [0.15, 0.2) is 0 Å². The van der Waals surface area contributed by atoms with E-state index in [0.29, 0.717) is 0 Å². The zero-order valence-electron chi connectivity index (χ0n) is 5.01. The van der Waals surface area contributed by atoms with E-state index in [4.69, 9.17) is 9.84 Å². The molecule has 0 rings (SSSR count). The maximum atomic E-state index is 8.70. The van der Waals surface area contributed by atoms with Crippen molar-refractivity contribution in [3.05, 3.63) is 0 Å². The van der Waals surface area contributed by atoms with E-state index in [9.17, 15) is 0 Å². The normalized spacial score (nSPS) is 18.9. The highest BCUT2D eigenvalue weighted by Gasteiger charge is 2.03. The average Bonchev–Trinajstić information content (AvgIpc) is 1.65. The summed E-state index contributed by atoms with van der Waals surface area (Å²) >= 11 is 0. The fourth-order valence-electron chi connectivity index (χ4n) is 0.197. The van der Waals surface area contributed by atoms with Crippen molar-refractivity contribution in [3.63, 3.8) is 0 Å². The van der Waals surface area contributed by atoms with E-state index in [2.05, 4.69) is 0 Å². The van der Waals surface area contributed by atoms with Crippen LogP contribution < -0.4 is 0 Å². The van der Waals surface area contributed by atoms with Crippen LogP contribution in [-0.4, -0.2) is 24.4 Å². The standard InChI is InChI=1S/C5H12O2/c1-4(6)5(2)7-3/h4-6H,1-3H3/t4-,5-/m1/s1. The first-order chi connectivity index (χ1) is 3.18. The first-order valence-corrected chi connectivity index (χ1v) is 2.39. The SMILES string of the molecule is CO[C@H](C)[C@@H](C)O. The molecule has 0 fully saturated rings. The first kappa shape index (κ1) is 6.92. The van der Waals surface area contributed by atoms with E-state index in [1.807, 2.05) is 6.92 Å². The maximum absolute atomic E-state index is 8.70. The summed E-state index contributed by atoms with van der Waals surface area (Å²) in [4.78, 5) is 0. The van der Waals surface area contributed by atoms with Crippen LogP contribution in [0.1, 0.15) is 13.8 Å². The highest BCUT2D eigenvalue weighted by molar-refractivity contribution is 4.53. The lowest BCUT2D eigenvalue weighted by Crippen LogP contribution is -2.20. The molecule has 0 saturated heterocycles. The summed E-state index contributed by atoms with van der Waals surface area (Å²) in [7, 11) is 1.58. The molecule has 1 N–H and O–H groups in total. The molecule has 0 unspecified atom stereocenters. The van der Waals surface area contributed by atoms with Gasteiger partial charge in [-0.3, -0.25) is 0 Å². The predicted octanol–water partition coefficient (Wildman–Crippen LogP) is 0.402. The summed E-state index contributed by atoms with van der Waals surface area (Å²) in [5, 5.41) is 8.70. The van der Waals surface area contributed by atoms with Crippen molar-refractivity contribution in [2.75, 3.05) is 7.11 Å². The third-order valence-electron chi connectivity index (χ3n) is 1.05. The molecule has 0 saturated carbocycles. The summed E-state index contributed by atoms with van der Waals surface area (Å²) in [5.41, 5.74) is 0. The third kappa shape index (κ3) is 2.60. The van der Waals surface area contributed by atoms with Crippen LogP contribution in [0.3, 0.4) is 0 Å². The van der Waals surface area contributed by atoms with Gasteiger partial charge in [0.1, 0.15) is 0 Å². The van der Waals surface area contributed by atoms with Crippen molar-refractivity contribution in [1.82, 2.24) is 0 Å². The Morgan fingerprint density at radius 3 is 1.86 bits per heavy atom. The van der Waals surface area contributed by atoms with E-state index in [-0.39, 0.29) is 12.2 Å². The van der Waals surface area contributed by atoms with Gasteiger partial charge >= 0.3 is 0 Å². The molecule has 0 heterocycles. The van der Waals surface area contributed by atoms with Crippen LogP contribution in [0.25, 0.3) is 0 Å². The van der Waals surface area contributed by atoms with Crippen LogP contribution in [-0.2, 0) is 4.74 Å². The van der Waals surface area contributed by atoms with Crippen molar-refractivity contribution >= 4 is 0 Å². The quantitative estimate of drug-likeness (QED) is 0.549. The molecule has 0 aromatic heterocycles. The molecular weight excluding hydrogens is 92.1 g/mol. The molecule has 0 amide bonds. The number of aliphatic hydroxyl groups is 1. The van der Waals surface area contributed by atoms with E-state index in [1.54, 1.807) is 14.0 Å². The molecule has 0 aliphatic carbocycles. The predicted molar refractivity (Wildman–Crippen MR) is 28.2 cm³/mol. The van der Waals surface area contributed by atoms with Gasteiger partial charge in [-0.05, 0) is 13.8 Å². The molecule has 7 heavy (non-hydrogen) atoms. The minimum atomic E-state index is -0.356. The number of hydrogen-bond acceptors (Lipinski definition) is 2. The zero-order valence-corrected chi connectivity index (χ0v) is 5.01. The fraction of sp³-hybridized carbons (Fsp3) is 1.00. The topological polar surface area (TPSA) is 29.5 Å².